The van der Waals surface area contributed by atoms with Crippen LogP contribution in [0.15, 0.2) is 24.3 Å². The molecule has 82 valence electrons. The van der Waals surface area contributed by atoms with E-state index in [2.05, 4.69) is 18.0 Å². The van der Waals surface area contributed by atoms with Crippen LogP contribution in [-0.2, 0) is 6.54 Å². The Balaban J connectivity index is 1.93. The SMILES string of the molecule is CN(Cc1ccccc1Cl)CC1(N)CC1. The van der Waals surface area contributed by atoms with Crippen molar-refractivity contribution in [3.63, 3.8) is 0 Å². The highest BCUT2D eigenvalue weighted by Crippen LogP contribution is 2.33. The van der Waals surface area contributed by atoms with Crippen molar-refractivity contribution in [3.8, 4) is 0 Å². The van der Waals surface area contributed by atoms with Gasteiger partial charge in [0.15, 0.2) is 0 Å². The molecule has 1 aliphatic carbocycles. The van der Waals surface area contributed by atoms with Gasteiger partial charge < -0.3 is 10.6 Å². The molecule has 0 aromatic heterocycles. The molecule has 2 rings (SSSR count). The van der Waals surface area contributed by atoms with Crippen LogP contribution in [0.1, 0.15) is 18.4 Å². The number of nitrogens with two attached hydrogens (primary N) is 1. The van der Waals surface area contributed by atoms with Gasteiger partial charge in [0.1, 0.15) is 0 Å². The van der Waals surface area contributed by atoms with Crippen molar-refractivity contribution in [1.29, 1.82) is 0 Å². The maximum atomic E-state index is 6.10. The molecule has 1 aromatic carbocycles. The topological polar surface area (TPSA) is 29.3 Å². The fourth-order valence-corrected chi connectivity index (χ4v) is 2.03. The molecule has 0 radical (unpaired) electrons. The van der Waals surface area contributed by atoms with Crippen molar-refractivity contribution in [2.75, 3.05) is 13.6 Å². The van der Waals surface area contributed by atoms with Crippen LogP contribution >= 0.6 is 11.6 Å². The van der Waals surface area contributed by atoms with Crippen molar-refractivity contribution < 1.29 is 0 Å². The molecule has 0 atom stereocenters. The van der Waals surface area contributed by atoms with Crippen LogP contribution in [0.4, 0.5) is 0 Å². The Morgan fingerprint density at radius 3 is 2.67 bits per heavy atom. The lowest BCUT2D eigenvalue weighted by atomic mass is 10.2. The summed E-state index contributed by atoms with van der Waals surface area (Å²) in [4.78, 5) is 2.24. The first-order chi connectivity index (χ1) is 7.09. The minimum absolute atomic E-state index is 0.0794. The molecule has 1 fully saturated rings. The molecule has 15 heavy (non-hydrogen) atoms. The van der Waals surface area contributed by atoms with Crippen molar-refractivity contribution in [1.82, 2.24) is 4.90 Å². The van der Waals surface area contributed by atoms with E-state index in [1.807, 2.05) is 18.2 Å². The largest absolute Gasteiger partial charge is 0.324 e. The summed E-state index contributed by atoms with van der Waals surface area (Å²) in [5.41, 5.74) is 7.32. The number of likely N-dealkylation sites (N-methyl/N-ethyl adjacent to an activating group) is 1. The Morgan fingerprint density at radius 2 is 2.07 bits per heavy atom. The van der Waals surface area contributed by atoms with Gasteiger partial charge in [-0.1, -0.05) is 29.8 Å². The quantitative estimate of drug-likeness (QED) is 0.850. The Kier molecular flexibility index (Phi) is 3.01. The highest BCUT2D eigenvalue weighted by Gasteiger charge is 2.38. The number of hydrogen-bond donors (Lipinski definition) is 1. The Hall–Kier alpha value is -0.570. The lowest BCUT2D eigenvalue weighted by Gasteiger charge is -2.21. The Labute approximate surface area is 96.0 Å². The molecule has 2 nitrogen and oxygen atoms in total. The molecule has 0 aliphatic heterocycles. The highest BCUT2D eigenvalue weighted by molar-refractivity contribution is 6.31. The monoisotopic (exact) mass is 224 g/mol. The number of hydrogen-bond acceptors (Lipinski definition) is 2. The maximum Gasteiger partial charge on any atom is 0.0451 e. The summed E-state index contributed by atoms with van der Waals surface area (Å²) >= 11 is 6.10. The van der Waals surface area contributed by atoms with Crippen LogP contribution in [0.3, 0.4) is 0 Å². The van der Waals surface area contributed by atoms with E-state index in [9.17, 15) is 0 Å². The molecule has 1 aromatic rings. The molecule has 0 unspecified atom stereocenters. The van der Waals surface area contributed by atoms with Crippen molar-refractivity contribution in [3.05, 3.63) is 34.9 Å². The molecule has 0 saturated heterocycles. The highest BCUT2D eigenvalue weighted by atomic mass is 35.5. The van der Waals surface area contributed by atoms with Crippen LogP contribution in [0, 0.1) is 0 Å². The van der Waals surface area contributed by atoms with Gasteiger partial charge in [0, 0.05) is 23.7 Å². The van der Waals surface area contributed by atoms with E-state index >= 15 is 0 Å². The van der Waals surface area contributed by atoms with Gasteiger partial charge in [0.25, 0.3) is 0 Å². The van der Waals surface area contributed by atoms with Gasteiger partial charge in [-0.3, -0.25) is 0 Å². The second-order valence-corrected chi connectivity index (χ2v) is 5.03. The van der Waals surface area contributed by atoms with Crippen LogP contribution in [0.2, 0.25) is 5.02 Å². The molecule has 0 bridgehead atoms. The van der Waals surface area contributed by atoms with Gasteiger partial charge in [-0.2, -0.15) is 0 Å². The lowest BCUT2D eigenvalue weighted by Crippen LogP contribution is -2.36. The zero-order valence-electron chi connectivity index (χ0n) is 9.04. The van der Waals surface area contributed by atoms with E-state index in [4.69, 9.17) is 17.3 Å². The first-order valence-electron chi connectivity index (χ1n) is 5.30. The molecular weight excluding hydrogens is 208 g/mol. The van der Waals surface area contributed by atoms with Gasteiger partial charge >= 0.3 is 0 Å². The van der Waals surface area contributed by atoms with E-state index in [1.54, 1.807) is 0 Å². The third kappa shape index (κ3) is 2.94. The second kappa shape index (κ2) is 4.12. The Bertz CT molecular complexity index is 347. The molecule has 1 aliphatic rings. The zero-order valence-corrected chi connectivity index (χ0v) is 9.80. The maximum absolute atomic E-state index is 6.10. The summed E-state index contributed by atoms with van der Waals surface area (Å²) in [5.74, 6) is 0. The van der Waals surface area contributed by atoms with Crippen LogP contribution in [-0.4, -0.2) is 24.0 Å². The summed E-state index contributed by atoms with van der Waals surface area (Å²) in [7, 11) is 2.09. The third-order valence-electron chi connectivity index (χ3n) is 2.88. The van der Waals surface area contributed by atoms with E-state index in [1.165, 1.54) is 5.56 Å². The van der Waals surface area contributed by atoms with Crippen LogP contribution < -0.4 is 5.73 Å². The predicted octanol–water partition coefficient (Wildman–Crippen LogP) is 2.26. The van der Waals surface area contributed by atoms with E-state index in [-0.39, 0.29) is 5.54 Å². The van der Waals surface area contributed by atoms with Gasteiger partial charge in [-0.15, -0.1) is 0 Å². The molecule has 3 heteroatoms. The number of benzene rings is 1. The molecule has 1 saturated carbocycles. The third-order valence-corrected chi connectivity index (χ3v) is 3.24. The van der Waals surface area contributed by atoms with Crippen LogP contribution in [0.5, 0.6) is 0 Å². The number of halogens is 1. The summed E-state index contributed by atoms with van der Waals surface area (Å²) in [6.07, 6.45) is 2.31. The minimum Gasteiger partial charge on any atom is -0.324 e. The summed E-state index contributed by atoms with van der Waals surface area (Å²) in [5, 5.41) is 0.839. The van der Waals surface area contributed by atoms with E-state index < -0.39 is 0 Å². The zero-order chi connectivity index (χ0) is 10.9. The first-order valence-corrected chi connectivity index (χ1v) is 5.68. The van der Waals surface area contributed by atoms with Crippen molar-refractivity contribution in [2.45, 2.75) is 24.9 Å². The standard InChI is InChI=1S/C12H17ClN2/c1-15(9-12(14)6-7-12)8-10-4-2-3-5-11(10)13/h2-5H,6-9,14H2,1H3. The molecule has 0 spiro atoms. The summed E-state index contributed by atoms with van der Waals surface area (Å²) < 4.78 is 0. The minimum atomic E-state index is 0.0794. The fourth-order valence-electron chi connectivity index (χ4n) is 1.83. The van der Waals surface area contributed by atoms with E-state index in [0.29, 0.717) is 0 Å². The summed E-state index contributed by atoms with van der Waals surface area (Å²) in [6.45, 7) is 1.83. The van der Waals surface area contributed by atoms with Gasteiger partial charge in [0.2, 0.25) is 0 Å². The average molecular weight is 225 g/mol. The van der Waals surface area contributed by atoms with Gasteiger partial charge in [-0.05, 0) is 31.5 Å². The predicted molar refractivity (Wildman–Crippen MR) is 63.9 cm³/mol. The molecule has 0 heterocycles. The molecule has 2 N–H and O–H groups in total. The van der Waals surface area contributed by atoms with Crippen molar-refractivity contribution in [2.24, 2.45) is 5.73 Å². The molecule has 0 amide bonds. The summed E-state index contributed by atoms with van der Waals surface area (Å²) in [6, 6.07) is 7.97. The lowest BCUT2D eigenvalue weighted by molar-refractivity contribution is 0.296. The van der Waals surface area contributed by atoms with Gasteiger partial charge in [0.05, 0.1) is 0 Å². The van der Waals surface area contributed by atoms with Crippen molar-refractivity contribution >= 4 is 11.6 Å². The smallest absolute Gasteiger partial charge is 0.0451 e. The van der Waals surface area contributed by atoms with Crippen LogP contribution in [0.25, 0.3) is 0 Å². The fraction of sp³-hybridized carbons (Fsp3) is 0.500. The average Bonchev–Trinajstić information content (AvgIpc) is 2.87. The Morgan fingerprint density at radius 1 is 1.40 bits per heavy atom. The number of rotatable bonds is 4. The van der Waals surface area contributed by atoms with Gasteiger partial charge in [-0.25, -0.2) is 0 Å². The number of nitrogens with zero attached hydrogens (tertiary/aromatic N) is 1. The molecular formula is C12H17ClN2. The first kappa shape index (κ1) is 10.9. The normalized spacial score (nSPS) is 18.1. The van der Waals surface area contributed by atoms with E-state index in [0.717, 1.165) is 31.0 Å². The second-order valence-electron chi connectivity index (χ2n) is 4.63.